The van der Waals surface area contributed by atoms with E-state index in [4.69, 9.17) is 27.6 Å². The Kier molecular flexibility index (Phi) is 32.9. The Hall–Kier alpha value is -3.58. The van der Waals surface area contributed by atoms with Crippen LogP contribution in [-0.2, 0) is 53.0 Å². The minimum absolute atomic E-state index is 0.236. The highest BCUT2D eigenvalue weighted by atomic mass is 79.9. The van der Waals surface area contributed by atoms with Gasteiger partial charge in [-0.1, -0.05) is 52.3 Å². The summed E-state index contributed by atoms with van der Waals surface area (Å²) >= 11 is 3.48. The molecule has 0 saturated heterocycles. The predicted molar refractivity (Wildman–Crippen MR) is 192 cm³/mol. The molecule has 18 heteroatoms. The number of halogens is 4. The molecule has 2 aromatic rings. The molecule has 0 radical (unpaired) electrons. The standard InChI is InChI=1S/C15H20O4.C8H9Br.C7H12O4.C2H6O.CHF3O3S.CH4O/c1-5-18-14(16)13(15(17)19-6-2)12-10(3)8-7-9-11(12)4;1-6-4-3-5-7(2)8(6)9;1-3-10-6(8)5-7(9)11-4-2;1-3-2;2-1(3,4)8(5,6)7;1-2/h7-9,13H,5-6H2,1-4H3;3-5H,1-2H3;3-5H2,1-2H3;1-2H3;(H,5,6,7);2H,1H3. The molecule has 0 saturated carbocycles. The van der Waals surface area contributed by atoms with Crippen LogP contribution in [-0.4, -0.2) is 95.2 Å². The van der Waals surface area contributed by atoms with Gasteiger partial charge >= 0.3 is 39.5 Å². The molecule has 0 spiro atoms. The molecule has 0 bridgehead atoms. The van der Waals surface area contributed by atoms with Gasteiger partial charge in [0.05, 0.1) is 26.4 Å². The molecule has 13 nitrogen and oxygen atoms in total. The van der Waals surface area contributed by atoms with E-state index in [1.807, 2.05) is 32.0 Å². The number of aryl methyl sites for hydroxylation is 4. The lowest BCUT2D eigenvalue weighted by Gasteiger charge is -2.18. The van der Waals surface area contributed by atoms with Crippen molar-refractivity contribution in [3.63, 3.8) is 0 Å². The molecule has 0 aliphatic heterocycles. The van der Waals surface area contributed by atoms with Crippen LogP contribution in [0.1, 0.15) is 67.9 Å². The fourth-order valence-corrected chi connectivity index (χ4v) is 3.67. The Morgan fingerprint density at radius 2 is 0.962 bits per heavy atom. The van der Waals surface area contributed by atoms with Crippen LogP contribution < -0.4 is 0 Å². The van der Waals surface area contributed by atoms with E-state index in [2.05, 4.69) is 62.2 Å². The SMILES string of the molecule is CCOC(=O)C(C(=O)OCC)c1c(C)cccc1C.CCOC(=O)CC(=O)OCC.CO.COC.Cc1cccc(C)c1Br.O=S(=O)(O)C(F)(F)F. The molecule has 0 fully saturated rings. The summed E-state index contributed by atoms with van der Waals surface area (Å²) in [7, 11) is -1.59. The van der Waals surface area contributed by atoms with Gasteiger partial charge in [-0.25, -0.2) is 0 Å². The minimum Gasteiger partial charge on any atom is -0.466 e. The first-order chi connectivity index (χ1) is 24.1. The highest BCUT2D eigenvalue weighted by Crippen LogP contribution is 2.26. The number of hydrogen-bond donors (Lipinski definition) is 2. The van der Waals surface area contributed by atoms with Gasteiger partial charge in [-0.15, -0.1) is 0 Å². The molecule has 0 atom stereocenters. The Labute approximate surface area is 313 Å². The number of methoxy groups -OCH3 is 1. The molecule has 0 aliphatic rings. The summed E-state index contributed by atoms with van der Waals surface area (Å²) in [6, 6.07) is 11.9. The van der Waals surface area contributed by atoms with Crippen LogP contribution in [0, 0.1) is 27.7 Å². The maximum Gasteiger partial charge on any atom is 0.522 e. The molecule has 0 aliphatic carbocycles. The normalized spacial score (nSPS) is 9.96. The Balaban J connectivity index is -0.000000300. The zero-order valence-corrected chi connectivity index (χ0v) is 33.8. The van der Waals surface area contributed by atoms with Crippen molar-refractivity contribution in [3.05, 3.63) is 68.7 Å². The van der Waals surface area contributed by atoms with Crippen LogP contribution in [0.3, 0.4) is 0 Å². The number of carbonyl (C=O) groups excluding carboxylic acids is 4. The summed E-state index contributed by atoms with van der Waals surface area (Å²) in [5, 5.41) is 7.00. The third kappa shape index (κ3) is 25.4. The molecular formula is C34H52BrF3O13S. The van der Waals surface area contributed by atoms with Crippen molar-refractivity contribution in [2.24, 2.45) is 0 Å². The number of aliphatic hydroxyl groups excluding tert-OH is 1. The molecule has 52 heavy (non-hydrogen) atoms. The largest absolute Gasteiger partial charge is 0.522 e. The molecule has 0 aromatic heterocycles. The molecule has 2 N–H and O–H groups in total. The van der Waals surface area contributed by atoms with Gasteiger partial charge in [0.2, 0.25) is 0 Å². The first kappa shape index (κ1) is 55.2. The van der Waals surface area contributed by atoms with Gasteiger partial charge in [0, 0.05) is 25.8 Å². The third-order valence-corrected chi connectivity index (χ3v) is 7.29. The summed E-state index contributed by atoms with van der Waals surface area (Å²) < 4.78 is 82.0. The average molecular weight is 838 g/mol. The smallest absolute Gasteiger partial charge is 0.466 e. The molecule has 0 unspecified atom stereocenters. The first-order valence-corrected chi connectivity index (χ1v) is 17.7. The van der Waals surface area contributed by atoms with Gasteiger partial charge < -0.3 is 28.8 Å². The summed E-state index contributed by atoms with van der Waals surface area (Å²) in [4.78, 5) is 45.3. The van der Waals surface area contributed by atoms with E-state index in [-0.39, 0.29) is 32.8 Å². The van der Waals surface area contributed by atoms with E-state index >= 15 is 0 Å². The van der Waals surface area contributed by atoms with E-state index in [0.717, 1.165) is 18.2 Å². The molecule has 0 heterocycles. The lowest BCUT2D eigenvalue weighted by atomic mass is 9.91. The highest BCUT2D eigenvalue weighted by molar-refractivity contribution is 9.10. The van der Waals surface area contributed by atoms with Crippen molar-refractivity contribution in [2.45, 2.75) is 73.2 Å². The average Bonchev–Trinajstić information content (AvgIpc) is 3.03. The zero-order valence-electron chi connectivity index (χ0n) is 31.4. The van der Waals surface area contributed by atoms with Crippen molar-refractivity contribution in [1.82, 2.24) is 0 Å². The number of carbonyl (C=O) groups is 4. The van der Waals surface area contributed by atoms with E-state index in [0.29, 0.717) is 5.56 Å². The molecular weight excluding hydrogens is 785 g/mol. The quantitative estimate of drug-likeness (QED) is 0.0936. The van der Waals surface area contributed by atoms with Crippen molar-refractivity contribution in [1.29, 1.82) is 0 Å². The number of rotatable bonds is 9. The number of ether oxygens (including phenoxy) is 5. The van der Waals surface area contributed by atoms with Gasteiger partial charge in [0.1, 0.15) is 6.42 Å². The number of alkyl halides is 3. The molecule has 300 valence electrons. The van der Waals surface area contributed by atoms with E-state index in [1.165, 1.54) is 15.6 Å². The predicted octanol–water partition coefficient (Wildman–Crippen LogP) is 6.35. The van der Waals surface area contributed by atoms with Crippen molar-refractivity contribution in [2.75, 3.05) is 47.8 Å². The lowest BCUT2D eigenvalue weighted by molar-refractivity contribution is -0.157. The second kappa shape index (κ2) is 31.0. The van der Waals surface area contributed by atoms with Gasteiger partial charge in [0.15, 0.2) is 5.92 Å². The zero-order chi connectivity index (χ0) is 41.7. The van der Waals surface area contributed by atoms with Crippen LogP contribution in [0.2, 0.25) is 0 Å². The Morgan fingerprint density at radius 3 is 1.19 bits per heavy atom. The fraction of sp³-hybridized carbons (Fsp3) is 0.529. The third-order valence-electron chi connectivity index (χ3n) is 5.45. The maximum absolute atomic E-state index is 12.0. The van der Waals surface area contributed by atoms with Crippen LogP contribution in [0.25, 0.3) is 0 Å². The molecule has 2 rings (SSSR count). The Bertz CT molecular complexity index is 1360. The van der Waals surface area contributed by atoms with Gasteiger partial charge in [-0.05, 0) is 83.2 Å². The lowest BCUT2D eigenvalue weighted by Crippen LogP contribution is -2.27. The second-order valence-corrected chi connectivity index (χ2v) is 11.8. The monoisotopic (exact) mass is 836 g/mol. The number of esters is 4. The number of benzene rings is 2. The minimum atomic E-state index is -5.84. The second-order valence-electron chi connectivity index (χ2n) is 9.56. The van der Waals surface area contributed by atoms with Gasteiger partial charge in [-0.3, -0.25) is 23.7 Å². The highest BCUT2D eigenvalue weighted by Gasteiger charge is 2.44. The van der Waals surface area contributed by atoms with Crippen LogP contribution in [0.15, 0.2) is 40.9 Å². The van der Waals surface area contributed by atoms with Crippen molar-refractivity contribution >= 4 is 49.9 Å². The summed E-state index contributed by atoms with van der Waals surface area (Å²) in [5.41, 5.74) is -0.492. The Morgan fingerprint density at radius 1 is 0.692 bits per heavy atom. The summed E-state index contributed by atoms with van der Waals surface area (Å²) in [6.45, 7) is 15.8. The topological polar surface area (TPSA) is 189 Å². The van der Waals surface area contributed by atoms with Crippen LogP contribution in [0.4, 0.5) is 13.2 Å². The van der Waals surface area contributed by atoms with Gasteiger partial charge in [-0.2, -0.15) is 21.6 Å². The number of aliphatic hydroxyl groups is 1. The first-order valence-electron chi connectivity index (χ1n) is 15.4. The van der Waals surface area contributed by atoms with Crippen LogP contribution in [0.5, 0.6) is 0 Å². The summed E-state index contributed by atoms with van der Waals surface area (Å²) in [6.07, 6.45) is -0.290. The molecule has 2 aromatic carbocycles. The molecule has 0 amide bonds. The van der Waals surface area contributed by atoms with E-state index < -0.39 is 45.4 Å². The number of hydrogen-bond acceptors (Lipinski definition) is 12. The van der Waals surface area contributed by atoms with E-state index in [1.54, 1.807) is 41.9 Å². The van der Waals surface area contributed by atoms with Crippen molar-refractivity contribution < 1.29 is 74.1 Å². The van der Waals surface area contributed by atoms with Gasteiger partial charge in [0.25, 0.3) is 0 Å². The summed E-state index contributed by atoms with van der Waals surface area (Å²) in [5.74, 6) is -3.19. The maximum atomic E-state index is 12.0. The fourth-order valence-electron chi connectivity index (χ4n) is 3.40. The van der Waals surface area contributed by atoms with Crippen LogP contribution >= 0.6 is 15.9 Å². The van der Waals surface area contributed by atoms with Crippen molar-refractivity contribution in [3.8, 4) is 0 Å². The van der Waals surface area contributed by atoms with E-state index in [9.17, 15) is 32.3 Å².